The van der Waals surface area contributed by atoms with Crippen LogP contribution in [0, 0.1) is 0 Å². The molecule has 2 N–H and O–H groups in total. The van der Waals surface area contributed by atoms with Crippen molar-refractivity contribution >= 4 is 23.3 Å². The SMILES string of the molecule is CCOC(=O)c1cc(Cl)cc(-c2ccccc2)c1N. The fourth-order valence-electron chi connectivity index (χ4n) is 1.85. The third kappa shape index (κ3) is 2.88. The van der Waals surface area contributed by atoms with Crippen LogP contribution in [-0.2, 0) is 4.74 Å². The molecule has 0 aromatic heterocycles. The van der Waals surface area contributed by atoms with Gasteiger partial charge in [-0.2, -0.15) is 0 Å². The van der Waals surface area contributed by atoms with E-state index in [9.17, 15) is 4.79 Å². The topological polar surface area (TPSA) is 52.3 Å². The second-order valence-corrected chi connectivity index (χ2v) is 4.44. The van der Waals surface area contributed by atoms with Gasteiger partial charge in [-0.3, -0.25) is 0 Å². The average Bonchev–Trinajstić information content (AvgIpc) is 2.42. The van der Waals surface area contributed by atoms with Gasteiger partial charge in [0.05, 0.1) is 17.9 Å². The third-order valence-electron chi connectivity index (χ3n) is 2.72. The van der Waals surface area contributed by atoms with E-state index >= 15 is 0 Å². The molecule has 2 rings (SSSR count). The normalized spacial score (nSPS) is 10.2. The molecule has 0 bridgehead atoms. The molecule has 0 spiro atoms. The number of nitrogens with two attached hydrogens (primary N) is 1. The maximum absolute atomic E-state index is 11.8. The number of carbonyl (C=O) groups is 1. The molecule has 2 aromatic rings. The highest BCUT2D eigenvalue weighted by Gasteiger charge is 2.16. The van der Waals surface area contributed by atoms with E-state index in [-0.39, 0.29) is 0 Å². The van der Waals surface area contributed by atoms with Crippen LogP contribution < -0.4 is 5.73 Å². The lowest BCUT2D eigenvalue weighted by Crippen LogP contribution is -2.09. The number of rotatable bonds is 3. The first-order chi connectivity index (χ1) is 9.13. The largest absolute Gasteiger partial charge is 0.462 e. The molecule has 98 valence electrons. The number of hydrogen-bond donors (Lipinski definition) is 1. The Labute approximate surface area is 117 Å². The van der Waals surface area contributed by atoms with Crippen LogP contribution >= 0.6 is 11.6 Å². The van der Waals surface area contributed by atoms with Gasteiger partial charge in [0.2, 0.25) is 0 Å². The predicted molar refractivity (Wildman–Crippen MR) is 77.3 cm³/mol. The summed E-state index contributed by atoms with van der Waals surface area (Å²) < 4.78 is 4.98. The number of hydrogen-bond acceptors (Lipinski definition) is 3. The molecule has 3 nitrogen and oxygen atoms in total. The molecule has 0 aliphatic heterocycles. The molecule has 0 atom stereocenters. The number of esters is 1. The Morgan fingerprint density at radius 2 is 1.95 bits per heavy atom. The van der Waals surface area contributed by atoms with E-state index in [1.165, 1.54) is 6.07 Å². The van der Waals surface area contributed by atoms with E-state index in [1.54, 1.807) is 13.0 Å². The van der Waals surface area contributed by atoms with Gasteiger partial charge in [0.25, 0.3) is 0 Å². The van der Waals surface area contributed by atoms with E-state index in [0.717, 1.165) is 11.1 Å². The molecule has 0 radical (unpaired) electrons. The summed E-state index contributed by atoms with van der Waals surface area (Å²) in [5.41, 5.74) is 8.38. The number of ether oxygens (including phenoxy) is 1. The van der Waals surface area contributed by atoms with E-state index in [4.69, 9.17) is 22.1 Å². The summed E-state index contributed by atoms with van der Waals surface area (Å²) in [5.74, 6) is -0.459. The van der Waals surface area contributed by atoms with Crippen molar-refractivity contribution < 1.29 is 9.53 Å². The van der Waals surface area contributed by atoms with Crippen LogP contribution in [0.15, 0.2) is 42.5 Å². The van der Waals surface area contributed by atoms with Crippen LogP contribution in [0.1, 0.15) is 17.3 Å². The highest BCUT2D eigenvalue weighted by Crippen LogP contribution is 2.32. The van der Waals surface area contributed by atoms with Gasteiger partial charge in [0.15, 0.2) is 0 Å². The third-order valence-corrected chi connectivity index (χ3v) is 2.94. The van der Waals surface area contributed by atoms with E-state index < -0.39 is 5.97 Å². The maximum Gasteiger partial charge on any atom is 0.340 e. The molecule has 0 fully saturated rings. The lowest BCUT2D eigenvalue weighted by Gasteiger charge is -2.11. The molecule has 0 heterocycles. The molecule has 4 heteroatoms. The van der Waals surface area contributed by atoms with Gasteiger partial charge in [0.1, 0.15) is 0 Å². The van der Waals surface area contributed by atoms with Gasteiger partial charge in [-0.1, -0.05) is 41.9 Å². The predicted octanol–water partition coefficient (Wildman–Crippen LogP) is 3.77. The van der Waals surface area contributed by atoms with Crippen molar-refractivity contribution in [3.63, 3.8) is 0 Å². The summed E-state index contributed by atoms with van der Waals surface area (Å²) in [6, 6.07) is 12.8. The average molecular weight is 276 g/mol. The summed E-state index contributed by atoms with van der Waals surface area (Å²) in [7, 11) is 0. The van der Waals surface area contributed by atoms with Gasteiger partial charge in [-0.05, 0) is 24.6 Å². The minimum atomic E-state index is -0.459. The molecule has 0 aliphatic carbocycles. The summed E-state index contributed by atoms with van der Waals surface area (Å²) in [5, 5.41) is 0.455. The second-order valence-electron chi connectivity index (χ2n) is 4.00. The molecule has 19 heavy (non-hydrogen) atoms. The monoisotopic (exact) mass is 275 g/mol. The quantitative estimate of drug-likeness (QED) is 0.685. The molecule has 0 saturated heterocycles. The van der Waals surface area contributed by atoms with Crippen molar-refractivity contribution in [2.24, 2.45) is 0 Å². The Morgan fingerprint density at radius 3 is 2.58 bits per heavy atom. The van der Waals surface area contributed by atoms with Crippen LogP contribution in [0.25, 0.3) is 11.1 Å². The zero-order valence-electron chi connectivity index (χ0n) is 10.5. The van der Waals surface area contributed by atoms with Crippen molar-refractivity contribution in [1.29, 1.82) is 0 Å². The number of halogens is 1. The smallest absolute Gasteiger partial charge is 0.340 e. The van der Waals surface area contributed by atoms with Crippen molar-refractivity contribution in [2.75, 3.05) is 12.3 Å². The van der Waals surface area contributed by atoms with Gasteiger partial charge >= 0.3 is 5.97 Å². The van der Waals surface area contributed by atoms with Gasteiger partial charge < -0.3 is 10.5 Å². The zero-order valence-corrected chi connectivity index (χ0v) is 11.3. The lowest BCUT2D eigenvalue weighted by atomic mass is 10.0. The van der Waals surface area contributed by atoms with Crippen molar-refractivity contribution in [3.05, 3.63) is 53.1 Å². The molecule has 0 saturated carbocycles. The Bertz CT molecular complexity index is 597. The Hall–Kier alpha value is -2.00. The Morgan fingerprint density at radius 1 is 1.26 bits per heavy atom. The van der Waals surface area contributed by atoms with E-state index in [2.05, 4.69) is 0 Å². The summed E-state index contributed by atoms with van der Waals surface area (Å²) in [6.07, 6.45) is 0. The second kappa shape index (κ2) is 5.76. The Balaban J connectivity index is 2.55. The summed E-state index contributed by atoms with van der Waals surface area (Å²) in [6.45, 7) is 2.04. The standard InChI is InChI=1S/C15H14ClNO2/c1-2-19-15(18)13-9-11(16)8-12(14(13)17)10-6-4-3-5-7-10/h3-9H,2,17H2,1H3. The molecule has 2 aromatic carbocycles. The van der Waals surface area contributed by atoms with Crippen molar-refractivity contribution in [3.8, 4) is 11.1 Å². The van der Waals surface area contributed by atoms with Crippen LogP contribution in [0.4, 0.5) is 5.69 Å². The van der Waals surface area contributed by atoms with Gasteiger partial charge in [-0.25, -0.2) is 4.79 Å². The number of nitrogen functional groups attached to an aromatic ring is 1. The van der Waals surface area contributed by atoms with Crippen LogP contribution in [0.2, 0.25) is 5.02 Å². The molecule has 0 aliphatic rings. The first kappa shape index (κ1) is 13.4. The molecular weight excluding hydrogens is 262 g/mol. The fraction of sp³-hybridized carbons (Fsp3) is 0.133. The molecule has 0 unspecified atom stereocenters. The van der Waals surface area contributed by atoms with E-state index in [0.29, 0.717) is 22.9 Å². The van der Waals surface area contributed by atoms with Gasteiger partial charge in [0, 0.05) is 10.6 Å². The summed E-state index contributed by atoms with van der Waals surface area (Å²) >= 11 is 6.05. The van der Waals surface area contributed by atoms with E-state index in [1.807, 2.05) is 30.3 Å². The number of carbonyl (C=O) groups excluding carboxylic acids is 1. The minimum Gasteiger partial charge on any atom is -0.462 e. The highest BCUT2D eigenvalue weighted by molar-refractivity contribution is 6.31. The highest BCUT2D eigenvalue weighted by atomic mass is 35.5. The molecular formula is C15H14ClNO2. The molecule has 0 amide bonds. The number of anilines is 1. The van der Waals surface area contributed by atoms with Crippen LogP contribution in [0.5, 0.6) is 0 Å². The minimum absolute atomic E-state index is 0.297. The van der Waals surface area contributed by atoms with Crippen molar-refractivity contribution in [2.45, 2.75) is 6.92 Å². The Kier molecular flexibility index (Phi) is 4.07. The first-order valence-electron chi connectivity index (χ1n) is 5.95. The maximum atomic E-state index is 11.8. The summed E-state index contributed by atoms with van der Waals surface area (Å²) in [4.78, 5) is 11.8. The van der Waals surface area contributed by atoms with Gasteiger partial charge in [-0.15, -0.1) is 0 Å². The lowest BCUT2D eigenvalue weighted by molar-refractivity contribution is 0.0527. The number of benzene rings is 2. The fourth-order valence-corrected chi connectivity index (χ4v) is 2.07. The van der Waals surface area contributed by atoms with Crippen molar-refractivity contribution in [1.82, 2.24) is 0 Å². The van der Waals surface area contributed by atoms with Crippen LogP contribution in [-0.4, -0.2) is 12.6 Å². The zero-order chi connectivity index (χ0) is 13.8. The van der Waals surface area contributed by atoms with Crippen LogP contribution in [0.3, 0.4) is 0 Å². The first-order valence-corrected chi connectivity index (χ1v) is 6.33.